The summed E-state index contributed by atoms with van der Waals surface area (Å²) < 4.78 is 15.6. The number of nitrogens with one attached hydrogen (secondary N) is 2. The van der Waals surface area contributed by atoms with Crippen LogP contribution in [0.2, 0.25) is 0 Å². The summed E-state index contributed by atoms with van der Waals surface area (Å²) in [7, 11) is 4.67. The van der Waals surface area contributed by atoms with Crippen LogP contribution in [-0.4, -0.2) is 33.2 Å². The van der Waals surface area contributed by atoms with E-state index in [1.165, 1.54) is 7.11 Å². The Morgan fingerprint density at radius 2 is 1.92 bits per heavy atom. The molecule has 134 valence electrons. The Balaban J connectivity index is 1.94. The van der Waals surface area contributed by atoms with E-state index in [4.69, 9.17) is 13.9 Å². The summed E-state index contributed by atoms with van der Waals surface area (Å²) in [5.74, 6) is 2.17. The van der Waals surface area contributed by atoms with Crippen LogP contribution < -0.4 is 15.4 Å². The van der Waals surface area contributed by atoms with Gasteiger partial charge in [0.2, 0.25) is 0 Å². The van der Waals surface area contributed by atoms with E-state index >= 15 is 0 Å². The van der Waals surface area contributed by atoms with Crippen molar-refractivity contribution in [2.24, 2.45) is 4.99 Å². The molecule has 2 aromatic rings. The molecule has 7 heteroatoms. The highest BCUT2D eigenvalue weighted by Crippen LogP contribution is 2.17. The third kappa shape index (κ3) is 4.76. The third-order valence-electron chi connectivity index (χ3n) is 3.67. The first kappa shape index (κ1) is 18.4. The highest BCUT2D eigenvalue weighted by atomic mass is 16.5. The van der Waals surface area contributed by atoms with E-state index in [0.29, 0.717) is 36.1 Å². The van der Waals surface area contributed by atoms with E-state index in [2.05, 4.69) is 15.6 Å². The van der Waals surface area contributed by atoms with Crippen molar-refractivity contribution in [3.63, 3.8) is 0 Å². The molecule has 1 aromatic heterocycles. The number of guanidine groups is 1. The molecule has 0 fully saturated rings. The fourth-order valence-corrected chi connectivity index (χ4v) is 2.36. The third-order valence-corrected chi connectivity index (χ3v) is 3.67. The van der Waals surface area contributed by atoms with Crippen molar-refractivity contribution < 1.29 is 18.7 Å². The van der Waals surface area contributed by atoms with Crippen LogP contribution >= 0.6 is 0 Å². The van der Waals surface area contributed by atoms with Gasteiger partial charge in [-0.25, -0.2) is 4.79 Å². The monoisotopic (exact) mass is 345 g/mol. The molecule has 0 unspecified atom stereocenters. The number of benzene rings is 1. The van der Waals surface area contributed by atoms with Gasteiger partial charge in [-0.3, -0.25) is 4.99 Å². The number of methoxy groups -OCH3 is 2. The summed E-state index contributed by atoms with van der Waals surface area (Å²) in [6.45, 7) is 2.68. The van der Waals surface area contributed by atoms with E-state index < -0.39 is 5.97 Å². The molecule has 2 rings (SSSR count). The number of nitrogens with zero attached hydrogens (tertiary/aromatic N) is 1. The Labute approximate surface area is 147 Å². The molecule has 0 saturated carbocycles. The minimum absolute atomic E-state index is 0.392. The van der Waals surface area contributed by atoms with Gasteiger partial charge in [-0.15, -0.1) is 0 Å². The lowest BCUT2D eigenvalue weighted by molar-refractivity contribution is 0.0599. The summed E-state index contributed by atoms with van der Waals surface area (Å²) in [4.78, 5) is 15.8. The second-order valence-electron chi connectivity index (χ2n) is 5.27. The summed E-state index contributed by atoms with van der Waals surface area (Å²) in [5.41, 5.74) is 1.45. The molecule has 7 nitrogen and oxygen atoms in total. The number of aliphatic imine (C=N–C) groups is 1. The molecule has 1 heterocycles. The number of furan rings is 1. The number of aryl methyl sites for hydroxylation is 1. The van der Waals surface area contributed by atoms with Crippen molar-refractivity contribution in [3.05, 3.63) is 53.0 Å². The largest absolute Gasteiger partial charge is 0.496 e. The van der Waals surface area contributed by atoms with Crippen LogP contribution in [0.1, 0.15) is 27.4 Å². The maximum absolute atomic E-state index is 11.6. The van der Waals surface area contributed by atoms with Gasteiger partial charge in [0.1, 0.15) is 22.8 Å². The number of para-hydroxylation sites is 1. The first-order valence-electron chi connectivity index (χ1n) is 7.83. The minimum atomic E-state index is -0.411. The molecule has 0 aliphatic heterocycles. The Hall–Kier alpha value is -2.96. The lowest BCUT2D eigenvalue weighted by Crippen LogP contribution is -2.36. The fourth-order valence-electron chi connectivity index (χ4n) is 2.36. The van der Waals surface area contributed by atoms with Crippen molar-refractivity contribution in [1.29, 1.82) is 0 Å². The number of hydrogen-bond donors (Lipinski definition) is 2. The van der Waals surface area contributed by atoms with Crippen LogP contribution in [0.15, 0.2) is 39.7 Å². The quantitative estimate of drug-likeness (QED) is 0.474. The van der Waals surface area contributed by atoms with E-state index in [9.17, 15) is 4.79 Å². The summed E-state index contributed by atoms with van der Waals surface area (Å²) in [5, 5.41) is 6.35. The van der Waals surface area contributed by atoms with Crippen LogP contribution in [0.3, 0.4) is 0 Å². The highest BCUT2D eigenvalue weighted by molar-refractivity contribution is 5.90. The van der Waals surface area contributed by atoms with Crippen LogP contribution in [0.4, 0.5) is 0 Å². The van der Waals surface area contributed by atoms with Gasteiger partial charge in [0.25, 0.3) is 0 Å². The fraction of sp³-hybridized carbons (Fsp3) is 0.333. The molecule has 0 bridgehead atoms. The van der Waals surface area contributed by atoms with Gasteiger partial charge in [0.05, 0.1) is 20.8 Å². The minimum Gasteiger partial charge on any atom is -0.496 e. The molecule has 0 atom stereocenters. The molecule has 0 radical (unpaired) electrons. The standard InChI is InChI=1S/C18H23N3O4/c1-12-15(17(22)24-4)9-14(25-12)11-21-18(19-2)20-10-13-7-5-6-8-16(13)23-3/h5-9H,10-11H2,1-4H3,(H2,19,20,21). The number of esters is 1. The zero-order valence-electron chi connectivity index (χ0n) is 14.9. The average Bonchev–Trinajstić information content (AvgIpc) is 3.02. The van der Waals surface area contributed by atoms with E-state index in [1.807, 2.05) is 24.3 Å². The molecule has 0 spiro atoms. The maximum atomic E-state index is 11.6. The Morgan fingerprint density at radius 3 is 2.60 bits per heavy atom. The lowest BCUT2D eigenvalue weighted by Gasteiger charge is -2.13. The summed E-state index contributed by atoms with van der Waals surface area (Å²) >= 11 is 0. The van der Waals surface area contributed by atoms with Crippen LogP contribution in [0.5, 0.6) is 5.75 Å². The predicted molar refractivity (Wildman–Crippen MR) is 94.8 cm³/mol. The first-order valence-corrected chi connectivity index (χ1v) is 7.83. The zero-order chi connectivity index (χ0) is 18.2. The molecule has 25 heavy (non-hydrogen) atoms. The molecule has 0 aliphatic rings. The van der Waals surface area contributed by atoms with Crippen molar-refractivity contribution in [3.8, 4) is 5.75 Å². The number of rotatable bonds is 6. The van der Waals surface area contributed by atoms with Crippen molar-refractivity contribution in [2.45, 2.75) is 20.0 Å². The second kappa shape index (κ2) is 8.77. The second-order valence-corrected chi connectivity index (χ2v) is 5.27. The summed E-state index contributed by atoms with van der Waals surface area (Å²) in [6.07, 6.45) is 0. The van der Waals surface area contributed by atoms with Crippen LogP contribution in [0, 0.1) is 6.92 Å². The molecule has 2 N–H and O–H groups in total. The average molecular weight is 345 g/mol. The highest BCUT2D eigenvalue weighted by Gasteiger charge is 2.15. The van der Waals surface area contributed by atoms with Crippen molar-refractivity contribution in [2.75, 3.05) is 21.3 Å². The topological polar surface area (TPSA) is 85.1 Å². The lowest BCUT2D eigenvalue weighted by atomic mass is 10.2. The SMILES string of the molecule is CN=C(NCc1cc(C(=O)OC)c(C)o1)NCc1ccccc1OC. The predicted octanol–water partition coefficient (Wildman–Crippen LogP) is 2.25. The van der Waals surface area contributed by atoms with Crippen LogP contribution in [-0.2, 0) is 17.8 Å². The summed E-state index contributed by atoms with van der Waals surface area (Å²) in [6, 6.07) is 9.44. The van der Waals surface area contributed by atoms with Gasteiger partial charge >= 0.3 is 5.97 Å². The van der Waals surface area contributed by atoms with Gasteiger partial charge in [-0.2, -0.15) is 0 Å². The number of carbonyl (C=O) groups is 1. The van der Waals surface area contributed by atoms with E-state index in [1.54, 1.807) is 27.1 Å². The van der Waals surface area contributed by atoms with E-state index in [0.717, 1.165) is 11.3 Å². The first-order chi connectivity index (χ1) is 12.1. The van der Waals surface area contributed by atoms with Gasteiger partial charge < -0.3 is 24.5 Å². The zero-order valence-corrected chi connectivity index (χ0v) is 14.9. The Bertz CT molecular complexity index is 753. The molecule has 0 aliphatic carbocycles. The Morgan fingerprint density at radius 1 is 1.20 bits per heavy atom. The van der Waals surface area contributed by atoms with Gasteiger partial charge in [0.15, 0.2) is 5.96 Å². The smallest absolute Gasteiger partial charge is 0.341 e. The number of hydrogen-bond acceptors (Lipinski definition) is 5. The molecule has 0 saturated heterocycles. The number of ether oxygens (including phenoxy) is 2. The van der Waals surface area contributed by atoms with Crippen LogP contribution in [0.25, 0.3) is 0 Å². The molecular formula is C18H23N3O4. The van der Waals surface area contributed by atoms with E-state index in [-0.39, 0.29) is 0 Å². The molecule has 0 amide bonds. The van der Waals surface area contributed by atoms with Gasteiger partial charge in [-0.1, -0.05) is 18.2 Å². The maximum Gasteiger partial charge on any atom is 0.341 e. The number of carbonyl (C=O) groups excluding carboxylic acids is 1. The van der Waals surface area contributed by atoms with Crippen molar-refractivity contribution >= 4 is 11.9 Å². The normalized spacial score (nSPS) is 11.1. The molecule has 1 aromatic carbocycles. The van der Waals surface area contributed by atoms with Crippen molar-refractivity contribution in [1.82, 2.24) is 10.6 Å². The Kier molecular flexibility index (Phi) is 6.45. The van der Waals surface area contributed by atoms with Gasteiger partial charge in [-0.05, 0) is 19.1 Å². The molecular weight excluding hydrogens is 322 g/mol. The van der Waals surface area contributed by atoms with Gasteiger partial charge in [0, 0.05) is 19.2 Å².